The normalized spacial score (nSPS) is 24.2. The number of aromatic nitrogens is 1. The number of benzene rings is 1. The third-order valence-electron chi connectivity index (χ3n) is 3.85. The molecule has 0 saturated carbocycles. The first-order valence-electron chi connectivity index (χ1n) is 6.35. The Balaban J connectivity index is 2.01. The number of nitrogens with one attached hydrogen (secondary N) is 2. The molecule has 1 aromatic heterocycles. The summed E-state index contributed by atoms with van der Waals surface area (Å²) < 4.78 is 5.71. The molecule has 0 radical (unpaired) electrons. The van der Waals surface area contributed by atoms with Crippen LogP contribution in [-0.4, -0.2) is 23.5 Å². The molecule has 3 amide bonds. The highest BCUT2D eigenvalue weighted by Gasteiger charge is 2.51. The molecule has 6 heteroatoms. The van der Waals surface area contributed by atoms with Crippen LogP contribution in [-0.2, 0) is 10.3 Å². The van der Waals surface area contributed by atoms with Gasteiger partial charge in [0.1, 0.15) is 5.52 Å². The van der Waals surface area contributed by atoms with E-state index < -0.39 is 11.6 Å². The van der Waals surface area contributed by atoms with E-state index in [0.29, 0.717) is 29.9 Å². The summed E-state index contributed by atoms with van der Waals surface area (Å²) in [5, 5.41) is 5.97. The average molecular weight is 269 g/mol. The van der Waals surface area contributed by atoms with E-state index in [1.54, 1.807) is 6.20 Å². The number of ether oxygens (including phenoxy) is 1. The van der Waals surface area contributed by atoms with Gasteiger partial charge < -0.3 is 10.1 Å². The van der Waals surface area contributed by atoms with Crippen molar-refractivity contribution in [2.24, 2.45) is 0 Å². The van der Waals surface area contributed by atoms with Crippen LogP contribution in [0.3, 0.4) is 0 Å². The van der Waals surface area contributed by atoms with Gasteiger partial charge in [-0.25, -0.2) is 4.79 Å². The van der Waals surface area contributed by atoms with Gasteiger partial charge in [-0.05, 0) is 6.07 Å². The van der Waals surface area contributed by atoms with Crippen LogP contribution in [0, 0.1) is 0 Å². The molecule has 1 unspecified atom stereocenters. The zero-order valence-corrected chi connectivity index (χ0v) is 10.5. The number of nitrogens with zero attached hydrogens (tertiary/aromatic N) is 1. The molecular formula is C14H11N3O3. The summed E-state index contributed by atoms with van der Waals surface area (Å²) in [5.41, 5.74) is 0.340. The predicted molar refractivity (Wildman–Crippen MR) is 70.2 cm³/mol. The summed E-state index contributed by atoms with van der Waals surface area (Å²) in [4.78, 5) is 28.0. The summed E-state index contributed by atoms with van der Waals surface area (Å²) in [6, 6.07) is 7.01. The Labute approximate surface area is 114 Å². The Morgan fingerprint density at radius 2 is 2.15 bits per heavy atom. The Bertz CT molecular complexity index is 758. The van der Waals surface area contributed by atoms with E-state index in [4.69, 9.17) is 4.74 Å². The standard InChI is InChI=1S/C14H11N3O3/c18-12-14(17-13(19)16-12)5-7-20-11-9(14)4-3-8-2-1-6-15-10(8)11/h1-4,6H,5,7H2,(H2,16,17,18,19). The Morgan fingerprint density at radius 3 is 2.95 bits per heavy atom. The molecule has 0 aliphatic carbocycles. The van der Waals surface area contributed by atoms with Crippen LogP contribution in [0.1, 0.15) is 12.0 Å². The van der Waals surface area contributed by atoms with Gasteiger partial charge in [0.2, 0.25) is 0 Å². The first-order chi connectivity index (χ1) is 9.71. The number of carbonyl (C=O) groups excluding carboxylic acids is 2. The molecule has 2 aliphatic heterocycles. The topological polar surface area (TPSA) is 80.3 Å². The molecule has 1 spiro atoms. The molecule has 3 heterocycles. The number of pyridine rings is 1. The van der Waals surface area contributed by atoms with Crippen molar-refractivity contribution in [3.63, 3.8) is 0 Å². The molecule has 2 N–H and O–H groups in total. The quantitative estimate of drug-likeness (QED) is 0.701. The fraction of sp³-hybridized carbons (Fsp3) is 0.214. The second kappa shape index (κ2) is 3.69. The summed E-state index contributed by atoms with van der Waals surface area (Å²) in [6.07, 6.45) is 2.09. The maximum Gasteiger partial charge on any atom is 0.322 e. The largest absolute Gasteiger partial charge is 0.491 e. The maximum absolute atomic E-state index is 12.2. The van der Waals surface area contributed by atoms with Crippen molar-refractivity contribution in [3.8, 4) is 5.75 Å². The predicted octanol–water partition coefficient (Wildman–Crippen LogP) is 1.05. The zero-order valence-electron chi connectivity index (χ0n) is 10.5. The SMILES string of the molecule is O=C1NC(=O)C2(CCOc3c2ccc2cccnc32)N1. The highest BCUT2D eigenvalue weighted by atomic mass is 16.5. The molecule has 1 aromatic carbocycles. The van der Waals surface area contributed by atoms with Crippen LogP contribution in [0.2, 0.25) is 0 Å². The molecule has 4 rings (SSSR count). The number of urea groups is 1. The third-order valence-corrected chi connectivity index (χ3v) is 3.85. The minimum atomic E-state index is -1.03. The molecule has 0 bridgehead atoms. The molecule has 100 valence electrons. The van der Waals surface area contributed by atoms with Gasteiger partial charge in [-0.2, -0.15) is 0 Å². The van der Waals surface area contributed by atoms with Gasteiger partial charge in [-0.15, -0.1) is 0 Å². The zero-order chi connectivity index (χ0) is 13.7. The lowest BCUT2D eigenvalue weighted by Gasteiger charge is -2.33. The van der Waals surface area contributed by atoms with Crippen molar-refractivity contribution < 1.29 is 14.3 Å². The van der Waals surface area contributed by atoms with Gasteiger partial charge in [0, 0.05) is 23.6 Å². The number of rotatable bonds is 0. The average Bonchev–Trinajstić information content (AvgIpc) is 2.74. The fourth-order valence-corrected chi connectivity index (χ4v) is 2.90. The summed E-state index contributed by atoms with van der Waals surface area (Å²) in [5.74, 6) is 0.244. The third kappa shape index (κ3) is 1.30. The van der Waals surface area contributed by atoms with E-state index in [9.17, 15) is 9.59 Å². The number of imide groups is 1. The van der Waals surface area contributed by atoms with Crippen LogP contribution in [0.15, 0.2) is 30.5 Å². The molecule has 1 atom stereocenters. The Hall–Kier alpha value is -2.63. The van der Waals surface area contributed by atoms with Gasteiger partial charge in [-0.1, -0.05) is 18.2 Å². The van der Waals surface area contributed by atoms with Crippen molar-refractivity contribution in [2.75, 3.05) is 6.61 Å². The van der Waals surface area contributed by atoms with Gasteiger partial charge in [0.15, 0.2) is 11.3 Å². The van der Waals surface area contributed by atoms with Crippen molar-refractivity contribution in [1.82, 2.24) is 15.6 Å². The van der Waals surface area contributed by atoms with Gasteiger partial charge in [0.05, 0.1) is 6.61 Å². The molecular weight excluding hydrogens is 258 g/mol. The number of amides is 3. The highest BCUT2D eigenvalue weighted by molar-refractivity contribution is 6.08. The van der Waals surface area contributed by atoms with Gasteiger partial charge in [-0.3, -0.25) is 15.1 Å². The van der Waals surface area contributed by atoms with E-state index in [-0.39, 0.29) is 5.91 Å². The first kappa shape index (κ1) is 11.2. The van der Waals surface area contributed by atoms with Gasteiger partial charge in [0.25, 0.3) is 5.91 Å². The monoisotopic (exact) mass is 269 g/mol. The lowest BCUT2D eigenvalue weighted by molar-refractivity contribution is -0.125. The van der Waals surface area contributed by atoms with Crippen LogP contribution in [0.5, 0.6) is 5.75 Å². The van der Waals surface area contributed by atoms with Crippen molar-refractivity contribution >= 4 is 22.8 Å². The fourth-order valence-electron chi connectivity index (χ4n) is 2.90. The minimum Gasteiger partial charge on any atom is -0.491 e. The van der Waals surface area contributed by atoms with E-state index >= 15 is 0 Å². The van der Waals surface area contributed by atoms with E-state index in [2.05, 4.69) is 15.6 Å². The summed E-state index contributed by atoms with van der Waals surface area (Å²) in [6.45, 7) is 0.358. The van der Waals surface area contributed by atoms with Crippen LogP contribution in [0.4, 0.5) is 4.79 Å². The maximum atomic E-state index is 12.2. The van der Waals surface area contributed by atoms with Crippen LogP contribution >= 0.6 is 0 Å². The van der Waals surface area contributed by atoms with Crippen molar-refractivity contribution in [1.29, 1.82) is 0 Å². The number of carbonyl (C=O) groups is 2. The smallest absolute Gasteiger partial charge is 0.322 e. The Kier molecular flexibility index (Phi) is 2.07. The summed E-state index contributed by atoms with van der Waals surface area (Å²) in [7, 11) is 0. The number of fused-ring (bicyclic) bond motifs is 4. The molecule has 20 heavy (non-hydrogen) atoms. The van der Waals surface area contributed by atoms with Crippen LogP contribution in [0.25, 0.3) is 10.9 Å². The van der Waals surface area contributed by atoms with E-state index in [1.807, 2.05) is 24.3 Å². The van der Waals surface area contributed by atoms with Crippen molar-refractivity contribution in [2.45, 2.75) is 12.0 Å². The van der Waals surface area contributed by atoms with E-state index in [1.165, 1.54) is 0 Å². The molecule has 1 fully saturated rings. The lowest BCUT2D eigenvalue weighted by Crippen LogP contribution is -2.47. The molecule has 2 aromatic rings. The first-order valence-corrected chi connectivity index (χ1v) is 6.35. The lowest BCUT2D eigenvalue weighted by atomic mass is 9.84. The highest BCUT2D eigenvalue weighted by Crippen LogP contribution is 2.42. The summed E-state index contributed by atoms with van der Waals surface area (Å²) >= 11 is 0. The molecule has 2 aliphatic rings. The van der Waals surface area contributed by atoms with Crippen LogP contribution < -0.4 is 15.4 Å². The molecule has 6 nitrogen and oxygen atoms in total. The second-order valence-electron chi connectivity index (χ2n) is 4.93. The molecule has 1 saturated heterocycles. The van der Waals surface area contributed by atoms with Gasteiger partial charge >= 0.3 is 6.03 Å². The number of hydrogen-bond acceptors (Lipinski definition) is 4. The van der Waals surface area contributed by atoms with Crippen molar-refractivity contribution in [3.05, 3.63) is 36.0 Å². The van der Waals surface area contributed by atoms with E-state index in [0.717, 1.165) is 5.39 Å². The second-order valence-corrected chi connectivity index (χ2v) is 4.93. The Morgan fingerprint density at radius 1 is 1.25 bits per heavy atom. The number of hydrogen-bond donors (Lipinski definition) is 2. The minimum absolute atomic E-state index is 0.331.